The minimum atomic E-state index is -1.34. The second kappa shape index (κ2) is 54.2. The van der Waals surface area contributed by atoms with Gasteiger partial charge in [-0.2, -0.15) is 0 Å². The van der Waals surface area contributed by atoms with Gasteiger partial charge in [0.1, 0.15) is 66.5 Å². The molecule has 0 aliphatic carbocycles. The van der Waals surface area contributed by atoms with Gasteiger partial charge in [-0.05, 0) is 168 Å². The molecule has 13 atom stereocenters. The molecule has 4 aliphatic rings. The Labute approximate surface area is 668 Å². The van der Waals surface area contributed by atoms with Crippen molar-refractivity contribution in [2.24, 2.45) is 55.9 Å². The first kappa shape index (κ1) is 97.7. The van der Waals surface area contributed by atoms with E-state index in [1.165, 1.54) is 40.4 Å². The zero-order valence-electron chi connectivity index (χ0n) is 66.9. The third-order valence-corrected chi connectivity index (χ3v) is 20.1. The number of guanidine groups is 2. The summed E-state index contributed by atoms with van der Waals surface area (Å²) in [5.74, 6) is -7.95. The number of likely N-dealkylation sites (tertiary alicyclic amines) is 4. The molecule has 648 valence electrons. The minimum Gasteiger partial charge on any atom is -0.391 e. The van der Waals surface area contributed by atoms with Gasteiger partial charge in [0.25, 0.3) is 0 Å². The molecule has 13 amide bonds. The average Bonchev–Trinajstić information content (AvgIpc) is 1.64. The first-order valence-corrected chi connectivity index (χ1v) is 40.4. The van der Waals surface area contributed by atoms with Gasteiger partial charge in [-0.15, -0.1) is 0 Å². The molecule has 0 spiro atoms. The van der Waals surface area contributed by atoms with E-state index < -0.39 is 156 Å². The third-order valence-electron chi connectivity index (χ3n) is 20.1. The molecule has 0 aromatic rings. The number of aliphatic hydroxyl groups is 2. The molecule has 4 rings (SSSR count). The van der Waals surface area contributed by atoms with Crippen LogP contribution in [-0.4, -0.2) is 315 Å². The summed E-state index contributed by atoms with van der Waals surface area (Å²) < 4.78 is 16.6. The number of carbonyl (C=O) groups excluding carboxylic acids is 13. The van der Waals surface area contributed by atoms with Gasteiger partial charge in [-0.1, -0.05) is 12.8 Å². The molecule has 0 aromatic heterocycles. The predicted octanol–water partition coefficient (Wildman–Crippen LogP) is -6.97. The highest BCUT2D eigenvalue weighted by molar-refractivity contribution is 5.99. The highest BCUT2D eigenvalue weighted by Gasteiger charge is 2.47. The Hall–Kier alpha value is -8.71. The number of rotatable bonds is 56. The van der Waals surface area contributed by atoms with Gasteiger partial charge in [0.15, 0.2) is 11.9 Å². The van der Waals surface area contributed by atoms with Crippen LogP contribution in [0.2, 0.25) is 0 Å². The smallest absolute Gasteiger partial charge is 0.246 e. The van der Waals surface area contributed by atoms with Crippen molar-refractivity contribution in [1.82, 2.24) is 67.5 Å². The number of unbranched alkanes of at least 4 members (excludes halogenated alkanes) is 4. The molecule has 0 saturated carbocycles. The average molecular weight is 1620 g/mol. The summed E-state index contributed by atoms with van der Waals surface area (Å²) in [6.07, 6.45) is 5.20. The number of nitrogens with zero attached hydrogens (tertiary/aromatic N) is 6. The Balaban J connectivity index is 1.48. The van der Waals surface area contributed by atoms with Gasteiger partial charge in [0.2, 0.25) is 76.8 Å². The van der Waals surface area contributed by atoms with Gasteiger partial charge >= 0.3 is 0 Å². The van der Waals surface area contributed by atoms with E-state index in [4.69, 9.17) is 60.1 Å². The molecule has 4 heterocycles. The van der Waals surface area contributed by atoms with Crippen molar-refractivity contribution in [2.75, 3.05) is 118 Å². The maximum atomic E-state index is 14.7. The zero-order valence-corrected chi connectivity index (χ0v) is 66.9. The van der Waals surface area contributed by atoms with Crippen molar-refractivity contribution in [3.63, 3.8) is 0 Å². The highest BCUT2D eigenvalue weighted by atomic mass is 16.5. The van der Waals surface area contributed by atoms with Crippen molar-refractivity contribution >= 4 is 88.7 Å². The fraction of sp³-hybridized carbons (Fsp3) is 0.795. The molecule has 0 bridgehead atoms. The van der Waals surface area contributed by atoms with Crippen LogP contribution in [-0.2, 0) is 76.5 Å². The molecule has 4 saturated heterocycles. The van der Waals surface area contributed by atoms with E-state index in [-0.39, 0.29) is 147 Å². The number of hydrogen-bond acceptors (Lipinski definition) is 24. The SMILES string of the molecule is CC(=O)NCCCOCCOCCOCCCNC(=O)CNC(=O)C(CCCCCNC(=O)C(CCCN=C(N)N)NC(=O)C1CCCN1C(=O)C1CCCN1C(=O)C(CCCCN)NC(=O)C(N)C(C)O)NC(=O)C(CCCN=C(N)N)NC(=O)C1CCCN1C(=O)C1CCCN1C(=O)C(CCCCN)NC(=O)C(N)C(C)O. The number of hydrogen-bond donors (Lipinski definition) is 19. The van der Waals surface area contributed by atoms with Crippen LogP contribution in [0.3, 0.4) is 0 Å². The molecular weight excluding hydrogens is 1490 g/mol. The molecular formula is C73H133N23O18. The number of nitrogens with one attached hydrogen (secondary N) is 9. The minimum absolute atomic E-state index is 0.0142. The van der Waals surface area contributed by atoms with Crippen molar-refractivity contribution in [3.8, 4) is 0 Å². The van der Waals surface area contributed by atoms with Crippen LogP contribution in [0.5, 0.6) is 0 Å². The Morgan fingerprint density at radius 3 is 1.19 bits per heavy atom. The van der Waals surface area contributed by atoms with Crippen LogP contribution in [0, 0.1) is 0 Å². The van der Waals surface area contributed by atoms with Crippen LogP contribution < -0.4 is 93.7 Å². The van der Waals surface area contributed by atoms with E-state index in [1.54, 1.807) is 0 Å². The summed E-state index contributed by atoms with van der Waals surface area (Å²) >= 11 is 0. The normalized spacial score (nSPS) is 19.0. The molecule has 41 heteroatoms. The summed E-state index contributed by atoms with van der Waals surface area (Å²) in [6, 6.07) is -12.6. The largest absolute Gasteiger partial charge is 0.391 e. The lowest BCUT2D eigenvalue weighted by Crippen LogP contribution is -2.59. The fourth-order valence-corrected chi connectivity index (χ4v) is 13.8. The molecule has 0 radical (unpaired) electrons. The Morgan fingerprint density at radius 1 is 0.404 bits per heavy atom. The van der Waals surface area contributed by atoms with Gasteiger partial charge in [-0.25, -0.2) is 0 Å². The first-order chi connectivity index (χ1) is 54.5. The van der Waals surface area contributed by atoms with Crippen LogP contribution in [0.25, 0.3) is 0 Å². The number of amides is 13. The van der Waals surface area contributed by atoms with E-state index in [1.807, 2.05) is 0 Å². The second-order valence-electron chi connectivity index (χ2n) is 29.3. The maximum absolute atomic E-state index is 14.7. The number of carbonyl (C=O) groups is 13. The number of ether oxygens (including phenoxy) is 3. The fourth-order valence-electron chi connectivity index (χ4n) is 13.8. The van der Waals surface area contributed by atoms with Crippen LogP contribution in [0.4, 0.5) is 0 Å². The van der Waals surface area contributed by atoms with E-state index in [0.717, 1.165) is 0 Å². The van der Waals surface area contributed by atoms with E-state index in [9.17, 15) is 72.5 Å². The third kappa shape index (κ3) is 35.2. The second-order valence-corrected chi connectivity index (χ2v) is 29.3. The molecule has 4 aliphatic heterocycles. The summed E-state index contributed by atoms with van der Waals surface area (Å²) in [6.45, 7) is 8.08. The van der Waals surface area contributed by atoms with Crippen LogP contribution in [0.15, 0.2) is 9.98 Å². The van der Waals surface area contributed by atoms with Crippen molar-refractivity contribution in [1.29, 1.82) is 0 Å². The molecule has 0 aromatic carbocycles. The number of aliphatic hydroxyl groups excluding tert-OH is 2. The van der Waals surface area contributed by atoms with E-state index in [0.29, 0.717) is 136 Å². The van der Waals surface area contributed by atoms with E-state index >= 15 is 0 Å². The maximum Gasteiger partial charge on any atom is 0.246 e. The lowest BCUT2D eigenvalue weighted by molar-refractivity contribution is -0.148. The van der Waals surface area contributed by atoms with Gasteiger partial charge in [-0.3, -0.25) is 72.3 Å². The quantitative estimate of drug-likeness (QED) is 0.0153. The Bertz CT molecular complexity index is 3110. The monoisotopic (exact) mass is 1620 g/mol. The summed E-state index contributed by atoms with van der Waals surface area (Å²) in [5, 5.41) is 44.7. The highest BCUT2D eigenvalue weighted by Crippen LogP contribution is 2.29. The van der Waals surface area contributed by atoms with Gasteiger partial charge in [0, 0.05) is 79.0 Å². The summed E-state index contributed by atoms with van der Waals surface area (Å²) in [5.41, 5.74) is 45.8. The summed E-state index contributed by atoms with van der Waals surface area (Å²) in [7, 11) is 0. The molecule has 41 nitrogen and oxygen atoms in total. The Kier molecular flexibility index (Phi) is 46.4. The van der Waals surface area contributed by atoms with E-state index in [2.05, 4.69) is 57.8 Å². The number of nitrogens with two attached hydrogens (primary N) is 8. The topological polar surface area (TPSA) is 644 Å². The van der Waals surface area contributed by atoms with Gasteiger partial charge in [0.05, 0.1) is 45.2 Å². The van der Waals surface area contributed by atoms with Gasteiger partial charge < -0.3 is 138 Å². The lowest BCUT2D eigenvalue weighted by Gasteiger charge is -2.33. The molecule has 4 fully saturated rings. The predicted molar refractivity (Wildman–Crippen MR) is 421 cm³/mol. The standard InChI is InChI=1S/C73H133N23O18/c1-46(97)59(76)66(106)91-52(20-6-8-28-74)68(108)95-37-15-26-56(95)70(110)93-35-13-24-54(93)64(104)89-50(22-11-31-85-72(78)79)61(101)84-30-10-4-5-19-49(62(102)87-45-58(100)83-34-18-40-113-42-44-114-43-41-112-39-17-33-82-48(3)99)88-63(103)51(23-12-32-86-73(80)81)90-65(105)55-25-14-36-94(55)71(111)57-27-16-38-96(57)69(109)53(21-7-9-29-75)92-67(107)60(77)47(2)98/h46-47,49-57,59-60,97-98H,4-45,74-77H2,1-3H3,(H,82,99)(H,83,100)(H,84,101)(H,87,102)(H,88,103)(H,89,104)(H,90,105)(H,91,106)(H,92,107)(H4,78,79,85)(H4,80,81,86). The molecule has 13 unspecified atom stereocenters. The number of aliphatic imine (C=N–C) groups is 2. The van der Waals surface area contributed by atoms with Crippen molar-refractivity contribution < 1.29 is 86.8 Å². The Morgan fingerprint density at radius 2 is 0.763 bits per heavy atom. The molecule has 114 heavy (non-hydrogen) atoms. The lowest BCUT2D eigenvalue weighted by atomic mass is 10.0. The zero-order chi connectivity index (χ0) is 84.1. The first-order valence-electron chi connectivity index (χ1n) is 40.4. The summed E-state index contributed by atoms with van der Waals surface area (Å²) in [4.78, 5) is 194. The van der Waals surface area contributed by atoms with Crippen LogP contribution in [0.1, 0.15) is 175 Å². The van der Waals surface area contributed by atoms with Crippen molar-refractivity contribution in [3.05, 3.63) is 0 Å². The van der Waals surface area contributed by atoms with Crippen LogP contribution >= 0.6 is 0 Å². The van der Waals surface area contributed by atoms with Crippen molar-refractivity contribution in [2.45, 2.75) is 254 Å². The molecule has 27 N–H and O–H groups in total.